The summed E-state index contributed by atoms with van der Waals surface area (Å²) in [5.74, 6) is 0.0163. The number of amides is 1. The number of nitrogens with one attached hydrogen (secondary N) is 1. The number of anilines is 2. The van der Waals surface area contributed by atoms with E-state index in [1.54, 1.807) is 18.0 Å². The van der Waals surface area contributed by atoms with Gasteiger partial charge in [-0.2, -0.15) is 0 Å². The second kappa shape index (κ2) is 5.29. The first kappa shape index (κ1) is 14.6. The van der Waals surface area contributed by atoms with E-state index in [1.807, 2.05) is 4.90 Å². The van der Waals surface area contributed by atoms with Crippen LogP contribution in [0.3, 0.4) is 0 Å². The lowest BCUT2D eigenvalue weighted by Crippen LogP contribution is -2.48. The number of carbonyl (C=O) groups excluding carboxylic acids is 1. The van der Waals surface area contributed by atoms with E-state index in [4.69, 9.17) is 5.73 Å². The fourth-order valence-electron chi connectivity index (χ4n) is 2.07. The zero-order valence-electron chi connectivity index (χ0n) is 11.5. The monoisotopic (exact) mass is 298 g/mol. The molecule has 0 spiro atoms. The molecule has 0 radical (unpaired) electrons. The van der Waals surface area contributed by atoms with E-state index in [-0.39, 0.29) is 17.3 Å². The van der Waals surface area contributed by atoms with Gasteiger partial charge in [0.15, 0.2) is 0 Å². The van der Waals surface area contributed by atoms with Crippen LogP contribution in [0.1, 0.15) is 0 Å². The Bertz CT molecular complexity index is 630. The van der Waals surface area contributed by atoms with Gasteiger partial charge in [-0.25, -0.2) is 13.1 Å². The van der Waals surface area contributed by atoms with Gasteiger partial charge in [0.05, 0.1) is 22.8 Å². The van der Waals surface area contributed by atoms with E-state index < -0.39 is 10.0 Å². The quantitative estimate of drug-likeness (QED) is 0.730. The number of benzene rings is 1. The minimum atomic E-state index is -3.51. The Balaban J connectivity index is 2.29. The van der Waals surface area contributed by atoms with Crippen LogP contribution in [0.4, 0.5) is 11.4 Å². The Kier molecular flexibility index (Phi) is 3.87. The maximum atomic E-state index is 11.7. The summed E-state index contributed by atoms with van der Waals surface area (Å²) in [4.78, 5) is 15.3. The van der Waals surface area contributed by atoms with Crippen molar-refractivity contribution in [3.05, 3.63) is 18.2 Å². The number of carbonyl (C=O) groups is 1. The Labute approximate surface area is 118 Å². The van der Waals surface area contributed by atoms with Gasteiger partial charge in [-0.3, -0.25) is 4.79 Å². The van der Waals surface area contributed by atoms with Gasteiger partial charge in [0, 0.05) is 20.1 Å². The molecule has 0 aliphatic carbocycles. The fourth-order valence-corrected chi connectivity index (χ4v) is 2.83. The number of nitrogens with zero attached hydrogens (tertiary/aromatic N) is 2. The highest BCUT2D eigenvalue weighted by atomic mass is 32.2. The van der Waals surface area contributed by atoms with E-state index in [2.05, 4.69) is 4.72 Å². The molecule has 0 saturated carbocycles. The standard InChI is InChI=1S/C12H18N4O3S/c1-14-20(18,19)9-3-4-11(10(13)7-9)16-6-5-15(2)12(17)8-16/h3-4,7,14H,5-6,8,13H2,1-2H3. The molecule has 7 nitrogen and oxygen atoms in total. The van der Waals surface area contributed by atoms with Gasteiger partial charge in [0.1, 0.15) is 0 Å². The molecular weight excluding hydrogens is 280 g/mol. The smallest absolute Gasteiger partial charge is 0.241 e. The highest BCUT2D eigenvalue weighted by Crippen LogP contribution is 2.27. The summed E-state index contributed by atoms with van der Waals surface area (Å²) in [5, 5.41) is 0. The lowest BCUT2D eigenvalue weighted by molar-refractivity contribution is -0.129. The molecule has 2 rings (SSSR count). The minimum Gasteiger partial charge on any atom is -0.397 e. The lowest BCUT2D eigenvalue weighted by Gasteiger charge is -2.34. The number of nitrogen functional groups attached to an aromatic ring is 1. The molecule has 0 unspecified atom stereocenters. The number of piperazine rings is 1. The van der Waals surface area contributed by atoms with Crippen LogP contribution >= 0.6 is 0 Å². The Morgan fingerprint density at radius 2 is 2.00 bits per heavy atom. The second-order valence-electron chi connectivity index (χ2n) is 4.67. The van der Waals surface area contributed by atoms with Gasteiger partial charge in [-0.15, -0.1) is 0 Å². The third-order valence-electron chi connectivity index (χ3n) is 3.38. The van der Waals surface area contributed by atoms with Crippen molar-refractivity contribution < 1.29 is 13.2 Å². The Hall–Kier alpha value is -1.80. The van der Waals surface area contributed by atoms with Crippen LogP contribution in [-0.2, 0) is 14.8 Å². The lowest BCUT2D eigenvalue weighted by atomic mass is 10.2. The first-order chi connectivity index (χ1) is 9.35. The molecule has 0 atom stereocenters. The van der Waals surface area contributed by atoms with Crippen LogP contribution in [0.25, 0.3) is 0 Å². The molecule has 3 N–H and O–H groups in total. The number of rotatable bonds is 3. The maximum Gasteiger partial charge on any atom is 0.241 e. The van der Waals surface area contributed by atoms with E-state index in [1.165, 1.54) is 19.2 Å². The molecule has 110 valence electrons. The van der Waals surface area contributed by atoms with Gasteiger partial charge in [-0.05, 0) is 25.2 Å². The molecule has 8 heteroatoms. The van der Waals surface area contributed by atoms with Crippen molar-refractivity contribution in [1.82, 2.24) is 9.62 Å². The molecule has 0 aromatic heterocycles. The molecule has 0 bridgehead atoms. The number of hydrogen-bond acceptors (Lipinski definition) is 5. The molecule has 1 aromatic carbocycles. The summed E-state index contributed by atoms with van der Waals surface area (Å²) < 4.78 is 25.6. The highest BCUT2D eigenvalue weighted by Gasteiger charge is 2.23. The molecule has 1 aromatic rings. The van der Waals surface area contributed by atoms with Gasteiger partial charge in [0.25, 0.3) is 0 Å². The molecule has 1 amide bonds. The van der Waals surface area contributed by atoms with Gasteiger partial charge in [0.2, 0.25) is 15.9 Å². The minimum absolute atomic E-state index is 0.0163. The second-order valence-corrected chi connectivity index (χ2v) is 6.55. The van der Waals surface area contributed by atoms with E-state index in [0.717, 1.165) is 0 Å². The molecule has 1 aliphatic heterocycles. The number of likely N-dealkylation sites (N-methyl/N-ethyl adjacent to an activating group) is 1. The summed E-state index contributed by atoms with van der Waals surface area (Å²) in [7, 11) is -0.410. The average molecular weight is 298 g/mol. The third kappa shape index (κ3) is 2.70. The van der Waals surface area contributed by atoms with Crippen LogP contribution in [0.2, 0.25) is 0 Å². The molecule has 20 heavy (non-hydrogen) atoms. The predicted octanol–water partition coefficient (Wildman–Crippen LogP) is -0.545. The maximum absolute atomic E-state index is 11.7. The van der Waals surface area contributed by atoms with Crippen LogP contribution in [-0.4, -0.2) is 53.0 Å². The highest BCUT2D eigenvalue weighted by molar-refractivity contribution is 7.89. The molecule has 1 heterocycles. The molecule has 1 aliphatic rings. The van der Waals surface area contributed by atoms with Crippen molar-refractivity contribution in [3.8, 4) is 0 Å². The van der Waals surface area contributed by atoms with E-state index in [9.17, 15) is 13.2 Å². The summed E-state index contributed by atoms with van der Waals surface area (Å²) in [6.45, 7) is 1.54. The zero-order valence-corrected chi connectivity index (χ0v) is 12.3. The number of sulfonamides is 1. The third-order valence-corrected chi connectivity index (χ3v) is 4.79. The normalized spacial score (nSPS) is 16.6. The first-order valence-corrected chi connectivity index (χ1v) is 7.65. The SMILES string of the molecule is CNS(=O)(=O)c1ccc(N2CCN(C)C(=O)C2)c(N)c1. The summed E-state index contributed by atoms with van der Waals surface area (Å²) in [5.41, 5.74) is 6.95. The largest absolute Gasteiger partial charge is 0.397 e. The molecule has 1 saturated heterocycles. The van der Waals surface area contributed by atoms with E-state index >= 15 is 0 Å². The van der Waals surface area contributed by atoms with Gasteiger partial charge >= 0.3 is 0 Å². The van der Waals surface area contributed by atoms with Crippen molar-refractivity contribution in [1.29, 1.82) is 0 Å². The molecular formula is C12H18N4O3S. The van der Waals surface area contributed by atoms with Gasteiger partial charge < -0.3 is 15.5 Å². The fraction of sp³-hybridized carbons (Fsp3) is 0.417. The van der Waals surface area contributed by atoms with Crippen LogP contribution in [0.15, 0.2) is 23.1 Å². The van der Waals surface area contributed by atoms with Crippen LogP contribution in [0, 0.1) is 0 Å². The summed E-state index contributed by atoms with van der Waals surface area (Å²) in [6.07, 6.45) is 0. The van der Waals surface area contributed by atoms with Crippen LogP contribution < -0.4 is 15.4 Å². The van der Waals surface area contributed by atoms with Crippen molar-refractivity contribution in [2.75, 3.05) is 44.4 Å². The van der Waals surface area contributed by atoms with Crippen molar-refractivity contribution >= 4 is 27.3 Å². The number of hydrogen-bond donors (Lipinski definition) is 2. The topological polar surface area (TPSA) is 95.7 Å². The average Bonchev–Trinajstić information content (AvgIpc) is 2.42. The van der Waals surface area contributed by atoms with Crippen molar-refractivity contribution in [2.24, 2.45) is 0 Å². The zero-order chi connectivity index (χ0) is 14.9. The summed E-state index contributed by atoms with van der Waals surface area (Å²) in [6, 6.07) is 4.53. The molecule has 1 fully saturated rings. The van der Waals surface area contributed by atoms with Crippen molar-refractivity contribution in [2.45, 2.75) is 4.90 Å². The van der Waals surface area contributed by atoms with E-state index in [0.29, 0.717) is 24.5 Å². The Morgan fingerprint density at radius 1 is 1.30 bits per heavy atom. The van der Waals surface area contributed by atoms with Gasteiger partial charge in [-0.1, -0.05) is 0 Å². The number of nitrogens with two attached hydrogens (primary N) is 1. The van der Waals surface area contributed by atoms with Crippen LogP contribution in [0.5, 0.6) is 0 Å². The predicted molar refractivity (Wildman–Crippen MR) is 76.9 cm³/mol. The van der Waals surface area contributed by atoms with Crippen molar-refractivity contribution in [3.63, 3.8) is 0 Å². The summed E-state index contributed by atoms with van der Waals surface area (Å²) >= 11 is 0. The first-order valence-electron chi connectivity index (χ1n) is 6.17. The Morgan fingerprint density at radius 3 is 2.55 bits per heavy atom.